The fourth-order valence-corrected chi connectivity index (χ4v) is 6.15. The van der Waals surface area contributed by atoms with E-state index in [-0.39, 0.29) is 36.5 Å². The highest BCUT2D eigenvalue weighted by molar-refractivity contribution is 5.94. The summed E-state index contributed by atoms with van der Waals surface area (Å²) in [5, 5.41) is 52.2. The summed E-state index contributed by atoms with van der Waals surface area (Å²) >= 11 is 0. The van der Waals surface area contributed by atoms with Gasteiger partial charge < -0.3 is 62.4 Å². The van der Waals surface area contributed by atoms with Crippen molar-refractivity contribution >= 4 is 35.6 Å². The number of benzene rings is 2. The molecule has 0 saturated carbocycles. The molecule has 6 amide bonds. The third-order valence-electron chi connectivity index (χ3n) is 9.61. The summed E-state index contributed by atoms with van der Waals surface area (Å²) in [6.07, 6.45) is -0.914. The second-order valence-corrected chi connectivity index (χ2v) is 14.4. The van der Waals surface area contributed by atoms with Crippen LogP contribution >= 0.6 is 0 Å². The van der Waals surface area contributed by atoms with E-state index in [0.29, 0.717) is 11.1 Å². The van der Waals surface area contributed by atoms with E-state index in [2.05, 4.69) is 26.6 Å². The Labute approximate surface area is 347 Å². The zero-order valence-electron chi connectivity index (χ0n) is 33.5. The number of aliphatic carboxylic acids is 1. The molecule has 2 heterocycles. The maximum absolute atomic E-state index is 14.1. The van der Waals surface area contributed by atoms with Gasteiger partial charge >= 0.3 is 17.7 Å². The monoisotopic (exact) mass is 851 g/mol. The first-order valence-electron chi connectivity index (χ1n) is 18.9. The first-order valence-corrected chi connectivity index (χ1v) is 18.9. The second kappa shape index (κ2) is 20.7. The van der Waals surface area contributed by atoms with Gasteiger partial charge in [0.2, 0.25) is 29.9 Å². The van der Waals surface area contributed by atoms with Crippen molar-refractivity contribution in [2.24, 2.45) is 5.73 Å². The molecule has 22 heteroatoms. The lowest BCUT2D eigenvalue weighted by Gasteiger charge is -2.34. The van der Waals surface area contributed by atoms with Crippen LogP contribution in [0.3, 0.4) is 0 Å². The molecule has 1 saturated heterocycles. The number of carbonyl (C=O) groups excluding carboxylic acids is 5. The Morgan fingerprint density at radius 2 is 1.49 bits per heavy atom. The van der Waals surface area contributed by atoms with Crippen LogP contribution in [0, 0.1) is 0 Å². The largest absolute Gasteiger partial charge is 0.508 e. The van der Waals surface area contributed by atoms with Gasteiger partial charge in [-0.2, -0.15) is 0 Å². The van der Waals surface area contributed by atoms with Gasteiger partial charge in [0, 0.05) is 44.8 Å². The molecule has 2 aromatic carbocycles. The molecule has 4 rings (SSSR count). The number of aromatic amines is 1. The number of hydrogen-bond acceptors (Lipinski definition) is 13. The number of phenols is 2. The Morgan fingerprint density at radius 3 is 2.05 bits per heavy atom. The third-order valence-corrected chi connectivity index (χ3v) is 9.61. The number of hydrogen-bond donors (Lipinski definition) is 11. The number of nitrogens with one attached hydrogen (secondary N) is 6. The van der Waals surface area contributed by atoms with Crippen molar-refractivity contribution in [3.05, 3.63) is 105 Å². The zero-order valence-corrected chi connectivity index (χ0v) is 33.5. The number of nitrogens with zero attached hydrogens (tertiary/aromatic N) is 2. The molecule has 1 fully saturated rings. The molecule has 0 spiro atoms. The highest BCUT2D eigenvalue weighted by Gasteiger charge is 2.37. The minimum Gasteiger partial charge on any atom is -0.508 e. The number of carboxylic acid groups (broad SMARTS) is 1. The Morgan fingerprint density at radius 1 is 0.885 bits per heavy atom. The lowest BCUT2D eigenvalue weighted by atomic mass is 10.0. The average molecular weight is 852 g/mol. The number of carboxylic acids is 1. The lowest BCUT2D eigenvalue weighted by Crippen LogP contribution is -2.62. The summed E-state index contributed by atoms with van der Waals surface area (Å²) in [6, 6.07) is 3.69. The number of aromatic nitrogens is 2. The van der Waals surface area contributed by atoms with Crippen molar-refractivity contribution in [2.75, 3.05) is 7.05 Å². The van der Waals surface area contributed by atoms with Crippen LogP contribution in [0.2, 0.25) is 0 Å². The minimum absolute atomic E-state index is 0.0127. The number of aromatic hydroxyl groups is 2. The highest BCUT2D eigenvalue weighted by Crippen LogP contribution is 2.30. The second-order valence-electron chi connectivity index (χ2n) is 14.4. The van der Waals surface area contributed by atoms with Crippen molar-refractivity contribution in [3.63, 3.8) is 0 Å². The number of ether oxygens (including phenoxy) is 1. The van der Waals surface area contributed by atoms with E-state index < -0.39 is 95.5 Å². The molecule has 0 bridgehead atoms. The number of aliphatic hydroxyl groups is 1. The molecule has 0 aliphatic carbocycles. The van der Waals surface area contributed by atoms with Crippen molar-refractivity contribution in [2.45, 2.75) is 88.6 Å². The van der Waals surface area contributed by atoms with E-state index in [1.807, 2.05) is 4.98 Å². The normalized spacial score (nSPS) is 18.2. The fourth-order valence-electron chi connectivity index (χ4n) is 6.15. The van der Waals surface area contributed by atoms with E-state index in [9.17, 15) is 58.8 Å². The van der Waals surface area contributed by atoms with Gasteiger partial charge in [-0.1, -0.05) is 24.3 Å². The van der Waals surface area contributed by atoms with Gasteiger partial charge in [0.1, 0.15) is 47.5 Å². The van der Waals surface area contributed by atoms with Crippen LogP contribution in [0.1, 0.15) is 44.5 Å². The van der Waals surface area contributed by atoms with E-state index in [1.165, 1.54) is 64.2 Å². The molecular weight excluding hydrogens is 802 g/mol. The molecule has 0 radical (unpaired) electrons. The van der Waals surface area contributed by atoms with E-state index in [4.69, 9.17) is 10.5 Å². The summed E-state index contributed by atoms with van der Waals surface area (Å²) < 4.78 is 6.61. The number of nitrogens with two attached hydrogens (primary N) is 1. The number of aliphatic hydroxyl groups excluding tert-OH is 1. The SMILES string of the molecule is CC(N)C(=O)NC(Cc1cccc(O)c1)C(=O)N(C)C(C)C(NC(=O)C(C)NC(=O)NC(Cc1cccc(O)c1)C(=O)O)C(=O)NC=C1CC(O)C(n2ccc(=O)[nH]c2=O)O1. The number of carbonyl (C=O) groups is 6. The Bertz CT molecular complexity index is 2260. The number of rotatable bonds is 17. The predicted molar refractivity (Wildman–Crippen MR) is 214 cm³/mol. The Balaban J connectivity index is 1.56. The van der Waals surface area contributed by atoms with Gasteiger partial charge in [0.15, 0.2) is 0 Å². The molecule has 12 N–H and O–H groups in total. The lowest BCUT2D eigenvalue weighted by molar-refractivity contribution is -0.140. The molecule has 1 aliphatic rings. The molecule has 1 aliphatic heterocycles. The van der Waals surface area contributed by atoms with Gasteiger partial charge in [-0.05, 0) is 56.2 Å². The maximum Gasteiger partial charge on any atom is 0.331 e. The Hall–Kier alpha value is -7.20. The zero-order chi connectivity index (χ0) is 45.1. The quantitative estimate of drug-likeness (QED) is 0.0699. The average Bonchev–Trinajstić information content (AvgIpc) is 3.56. The van der Waals surface area contributed by atoms with Gasteiger partial charge in [-0.25, -0.2) is 14.4 Å². The van der Waals surface area contributed by atoms with Crippen molar-refractivity contribution in [3.8, 4) is 11.5 Å². The summed E-state index contributed by atoms with van der Waals surface area (Å²) in [7, 11) is 1.31. The summed E-state index contributed by atoms with van der Waals surface area (Å²) in [5.41, 5.74) is 5.08. The first-order chi connectivity index (χ1) is 28.7. The van der Waals surface area contributed by atoms with E-state index in [0.717, 1.165) is 27.9 Å². The van der Waals surface area contributed by atoms with E-state index >= 15 is 0 Å². The molecule has 1 aromatic heterocycles. The topological polar surface area (TPSA) is 337 Å². The maximum atomic E-state index is 14.1. The number of urea groups is 1. The molecular formula is C39H49N9O13. The molecule has 8 unspecified atom stereocenters. The van der Waals surface area contributed by atoms with Gasteiger partial charge in [-0.15, -0.1) is 0 Å². The fraction of sp³-hybridized carbons (Fsp3) is 0.385. The van der Waals surface area contributed by atoms with Crippen molar-refractivity contribution in [1.82, 2.24) is 41.0 Å². The number of H-pyrrole nitrogens is 1. The molecule has 328 valence electrons. The summed E-state index contributed by atoms with van der Waals surface area (Å²) in [6.45, 7) is 4.06. The van der Waals surface area contributed by atoms with Gasteiger partial charge in [-0.3, -0.25) is 33.5 Å². The Kier molecular flexibility index (Phi) is 15.7. The third kappa shape index (κ3) is 12.9. The predicted octanol–water partition coefficient (Wildman–Crippen LogP) is -2.02. The summed E-state index contributed by atoms with van der Waals surface area (Å²) in [5.74, 6) is -4.94. The number of phenolic OH excluding ortho intramolecular Hbond substituents is 2. The van der Waals surface area contributed by atoms with Crippen LogP contribution in [0.15, 0.2) is 82.3 Å². The van der Waals surface area contributed by atoms with Crippen LogP contribution in [0.4, 0.5) is 4.79 Å². The van der Waals surface area contributed by atoms with Crippen LogP contribution < -0.4 is 43.6 Å². The number of likely N-dealkylation sites (N-methyl/N-ethyl adjacent to an activating group) is 1. The van der Waals surface area contributed by atoms with Gasteiger partial charge in [0.25, 0.3) is 5.56 Å². The molecule has 8 atom stereocenters. The highest BCUT2D eigenvalue weighted by atomic mass is 16.5. The molecule has 22 nitrogen and oxygen atoms in total. The standard InChI is InChI=1S/C39H49N9O13/c1-19(40)32(53)43-27(15-22-7-5-9-24(49)13-22)35(56)47(4)21(3)31(34(55)41-18-26-17-29(51)36(61-26)48-12-11-30(52)45-39(48)60)46-33(54)20(2)42-38(59)44-28(37(57)58)16-23-8-6-10-25(50)14-23/h5-14,18-21,27-29,31,36,49-51H,15-17,40H2,1-4H3,(H,41,55)(H,43,53)(H,46,54)(H,57,58)(H2,42,44,59)(H,45,52,60). The smallest absolute Gasteiger partial charge is 0.331 e. The molecule has 61 heavy (non-hydrogen) atoms. The van der Waals surface area contributed by atoms with Gasteiger partial charge in [0.05, 0.1) is 12.1 Å². The van der Waals surface area contributed by atoms with Crippen molar-refractivity contribution in [1.29, 1.82) is 0 Å². The molecule has 3 aromatic rings. The van der Waals surface area contributed by atoms with Crippen molar-refractivity contribution < 1.29 is 53.9 Å². The minimum atomic E-state index is -1.61. The summed E-state index contributed by atoms with van der Waals surface area (Å²) in [4.78, 5) is 106. The van der Waals surface area contributed by atoms with Crippen LogP contribution in [-0.4, -0.2) is 120 Å². The van der Waals surface area contributed by atoms with Crippen LogP contribution in [-0.2, 0) is 41.6 Å². The van der Waals surface area contributed by atoms with Crippen LogP contribution in [0.5, 0.6) is 11.5 Å². The number of amides is 6. The first kappa shape index (κ1) is 46.5. The van der Waals surface area contributed by atoms with E-state index in [1.54, 1.807) is 12.1 Å². The van der Waals surface area contributed by atoms with Crippen LogP contribution in [0.25, 0.3) is 0 Å².